The molecule has 3 rings (SSSR count). The summed E-state index contributed by atoms with van der Waals surface area (Å²) in [5.74, 6) is 0.0593. The molecule has 2 aromatic carbocycles. The maximum atomic E-state index is 12.5. The van der Waals surface area contributed by atoms with E-state index < -0.39 is 6.10 Å². The van der Waals surface area contributed by atoms with Gasteiger partial charge in [0.05, 0.1) is 5.69 Å². The van der Waals surface area contributed by atoms with Crippen LogP contribution in [0.25, 0.3) is 0 Å². The number of hydrogen-bond donors (Lipinski definition) is 1. The molecule has 0 saturated carbocycles. The molecule has 6 heteroatoms. The fraction of sp³-hybridized carbons (Fsp3) is 0.318. The van der Waals surface area contributed by atoms with Gasteiger partial charge in [0, 0.05) is 31.1 Å². The second kappa shape index (κ2) is 8.25. The molecule has 1 N–H and O–H groups in total. The zero-order chi connectivity index (χ0) is 20.3. The smallest absolute Gasteiger partial charge is 0.267 e. The van der Waals surface area contributed by atoms with E-state index in [1.807, 2.05) is 31.2 Å². The van der Waals surface area contributed by atoms with Crippen molar-refractivity contribution in [3.8, 4) is 5.75 Å². The molecule has 6 nitrogen and oxygen atoms in total. The molecule has 0 saturated heterocycles. The third-order valence-electron chi connectivity index (χ3n) is 4.88. The van der Waals surface area contributed by atoms with Gasteiger partial charge in [-0.25, -0.2) is 0 Å². The molecule has 0 spiro atoms. The maximum Gasteiger partial charge on any atom is 0.267 e. The van der Waals surface area contributed by atoms with Crippen LogP contribution in [-0.4, -0.2) is 30.7 Å². The van der Waals surface area contributed by atoms with Gasteiger partial charge in [0.2, 0.25) is 5.91 Å². The molecule has 1 unspecified atom stereocenters. The number of fused-ring (bicyclic) bond motifs is 1. The number of ether oxygens (including phenoxy) is 1. The molecule has 2 aromatic rings. The van der Waals surface area contributed by atoms with Crippen molar-refractivity contribution in [1.29, 1.82) is 0 Å². The number of carbonyl (C=O) groups excluding carboxylic acids is 3. The number of amides is 2. The van der Waals surface area contributed by atoms with E-state index in [4.69, 9.17) is 4.74 Å². The molecule has 0 aliphatic carbocycles. The number of anilines is 2. The zero-order valence-corrected chi connectivity index (χ0v) is 16.3. The van der Waals surface area contributed by atoms with Crippen molar-refractivity contribution in [2.75, 3.05) is 17.3 Å². The van der Waals surface area contributed by atoms with Gasteiger partial charge in [0.1, 0.15) is 5.75 Å². The summed E-state index contributed by atoms with van der Waals surface area (Å²) < 4.78 is 5.57. The number of para-hydroxylation sites is 1. The van der Waals surface area contributed by atoms with E-state index in [0.29, 0.717) is 17.0 Å². The lowest BCUT2D eigenvalue weighted by Crippen LogP contribution is -2.42. The van der Waals surface area contributed by atoms with E-state index >= 15 is 0 Å². The first-order valence-corrected chi connectivity index (χ1v) is 9.40. The average molecular weight is 380 g/mol. The predicted molar refractivity (Wildman–Crippen MR) is 108 cm³/mol. The topological polar surface area (TPSA) is 75.7 Å². The summed E-state index contributed by atoms with van der Waals surface area (Å²) in [6.07, 6.45) is 0.454. The minimum absolute atomic E-state index is 0.0911. The van der Waals surface area contributed by atoms with Gasteiger partial charge in [-0.3, -0.25) is 14.4 Å². The number of carbonyl (C=O) groups is 3. The predicted octanol–water partition coefficient (Wildman–Crippen LogP) is 3.59. The second-order valence-electron chi connectivity index (χ2n) is 6.82. The first-order valence-electron chi connectivity index (χ1n) is 9.40. The van der Waals surface area contributed by atoms with Crippen molar-refractivity contribution in [3.05, 3.63) is 53.6 Å². The summed E-state index contributed by atoms with van der Waals surface area (Å²) in [4.78, 5) is 38.4. The van der Waals surface area contributed by atoms with Crippen molar-refractivity contribution in [1.82, 2.24) is 0 Å². The summed E-state index contributed by atoms with van der Waals surface area (Å²) >= 11 is 0. The van der Waals surface area contributed by atoms with E-state index in [1.165, 1.54) is 4.90 Å². The van der Waals surface area contributed by atoms with Crippen molar-refractivity contribution < 1.29 is 19.1 Å². The molecule has 1 heterocycles. The van der Waals surface area contributed by atoms with Crippen molar-refractivity contribution in [2.24, 2.45) is 0 Å². The molecule has 0 aromatic heterocycles. The monoisotopic (exact) mass is 380 g/mol. The van der Waals surface area contributed by atoms with Gasteiger partial charge in [0.25, 0.3) is 5.91 Å². The van der Waals surface area contributed by atoms with Crippen LogP contribution in [0.1, 0.15) is 42.6 Å². The van der Waals surface area contributed by atoms with E-state index in [1.54, 1.807) is 32.2 Å². The SMILES string of the molecule is CCc1ccccc1NC(=O)CCC(=O)c1ccc2c(c1)N(C)C(=O)C(C)O2. The summed E-state index contributed by atoms with van der Waals surface area (Å²) in [5.41, 5.74) is 2.86. The number of aryl methyl sites for hydroxylation is 1. The van der Waals surface area contributed by atoms with Crippen LogP contribution in [0.15, 0.2) is 42.5 Å². The minimum Gasteiger partial charge on any atom is -0.479 e. The summed E-state index contributed by atoms with van der Waals surface area (Å²) in [7, 11) is 1.66. The Morgan fingerprint density at radius 1 is 1.14 bits per heavy atom. The number of nitrogens with one attached hydrogen (secondary N) is 1. The Kier molecular flexibility index (Phi) is 5.78. The van der Waals surface area contributed by atoms with E-state index in [9.17, 15) is 14.4 Å². The highest BCUT2D eigenvalue weighted by Crippen LogP contribution is 2.34. The van der Waals surface area contributed by atoms with E-state index in [0.717, 1.165) is 17.7 Å². The number of benzene rings is 2. The van der Waals surface area contributed by atoms with Crippen LogP contribution in [0.3, 0.4) is 0 Å². The summed E-state index contributed by atoms with van der Waals surface area (Å²) in [6.45, 7) is 3.72. The van der Waals surface area contributed by atoms with E-state index in [2.05, 4.69) is 5.32 Å². The highest BCUT2D eigenvalue weighted by molar-refractivity contribution is 6.04. The Balaban J connectivity index is 1.64. The average Bonchev–Trinajstić information content (AvgIpc) is 2.70. The summed E-state index contributed by atoms with van der Waals surface area (Å²) in [6, 6.07) is 12.6. The van der Waals surface area contributed by atoms with Gasteiger partial charge in [-0.1, -0.05) is 25.1 Å². The van der Waals surface area contributed by atoms with Crippen molar-refractivity contribution in [3.63, 3.8) is 0 Å². The number of hydrogen-bond acceptors (Lipinski definition) is 4. The zero-order valence-electron chi connectivity index (χ0n) is 16.3. The first kappa shape index (κ1) is 19.6. The Bertz CT molecular complexity index is 923. The van der Waals surface area contributed by atoms with Gasteiger partial charge in [-0.05, 0) is 43.2 Å². The van der Waals surface area contributed by atoms with Crippen LogP contribution >= 0.6 is 0 Å². The van der Waals surface area contributed by atoms with Crippen LogP contribution in [0, 0.1) is 0 Å². The highest BCUT2D eigenvalue weighted by Gasteiger charge is 2.29. The Morgan fingerprint density at radius 3 is 2.64 bits per heavy atom. The molecule has 0 radical (unpaired) electrons. The van der Waals surface area contributed by atoms with E-state index in [-0.39, 0.29) is 30.4 Å². The molecule has 146 valence electrons. The van der Waals surface area contributed by atoms with Gasteiger partial charge in [-0.15, -0.1) is 0 Å². The largest absolute Gasteiger partial charge is 0.479 e. The van der Waals surface area contributed by atoms with Crippen LogP contribution in [-0.2, 0) is 16.0 Å². The fourth-order valence-corrected chi connectivity index (χ4v) is 3.22. The van der Waals surface area contributed by atoms with Gasteiger partial charge in [-0.2, -0.15) is 0 Å². The molecule has 28 heavy (non-hydrogen) atoms. The molecular formula is C22H24N2O4. The van der Waals surface area contributed by atoms with Crippen molar-refractivity contribution >= 4 is 29.0 Å². The van der Waals surface area contributed by atoms with Crippen LogP contribution in [0.4, 0.5) is 11.4 Å². The fourth-order valence-electron chi connectivity index (χ4n) is 3.22. The lowest BCUT2D eigenvalue weighted by molar-refractivity contribution is -0.125. The minimum atomic E-state index is -0.547. The Hall–Kier alpha value is -3.15. The molecule has 0 bridgehead atoms. The quantitative estimate of drug-likeness (QED) is 0.777. The van der Waals surface area contributed by atoms with Crippen molar-refractivity contribution in [2.45, 2.75) is 39.2 Å². The number of rotatable bonds is 6. The number of ketones is 1. The van der Waals surface area contributed by atoms with Gasteiger partial charge < -0.3 is 15.0 Å². The van der Waals surface area contributed by atoms with Crippen LogP contribution < -0.4 is 15.0 Å². The molecule has 1 aliphatic heterocycles. The second-order valence-corrected chi connectivity index (χ2v) is 6.82. The lowest BCUT2D eigenvalue weighted by Gasteiger charge is -2.30. The highest BCUT2D eigenvalue weighted by atomic mass is 16.5. The third-order valence-corrected chi connectivity index (χ3v) is 4.88. The Morgan fingerprint density at radius 2 is 1.89 bits per heavy atom. The standard InChI is InChI=1S/C22H24N2O4/c1-4-15-7-5-6-8-17(15)23-21(26)12-10-19(25)16-9-11-20-18(13-16)24(3)22(27)14(2)28-20/h5-9,11,13-14H,4,10,12H2,1-3H3,(H,23,26). The number of likely N-dealkylation sites (N-methyl/N-ethyl adjacent to an activating group) is 1. The Labute approximate surface area is 164 Å². The lowest BCUT2D eigenvalue weighted by atomic mass is 10.0. The first-order chi connectivity index (χ1) is 13.4. The van der Waals surface area contributed by atoms with Gasteiger partial charge >= 0.3 is 0 Å². The molecule has 2 amide bonds. The number of Topliss-reactive ketones (excluding diaryl/α,β-unsaturated/α-hetero) is 1. The molecule has 0 fully saturated rings. The number of nitrogens with zero attached hydrogens (tertiary/aromatic N) is 1. The maximum absolute atomic E-state index is 12.5. The third kappa shape index (κ3) is 4.06. The molecule has 1 atom stereocenters. The summed E-state index contributed by atoms with van der Waals surface area (Å²) in [5, 5.41) is 2.87. The van der Waals surface area contributed by atoms with Gasteiger partial charge in [0.15, 0.2) is 11.9 Å². The molecule has 1 aliphatic rings. The molecular weight excluding hydrogens is 356 g/mol. The normalized spacial score (nSPS) is 15.6. The van der Waals surface area contributed by atoms with Crippen LogP contribution in [0.5, 0.6) is 5.75 Å². The van der Waals surface area contributed by atoms with Crippen LogP contribution in [0.2, 0.25) is 0 Å².